The fourth-order valence-electron chi connectivity index (χ4n) is 1.12. The molecule has 0 bridgehead atoms. The number of carbonyl (C=O) groups is 1. The highest BCUT2D eigenvalue weighted by Gasteiger charge is 2.18. The second kappa shape index (κ2) is 4.66. The normalized spacial score (nSPS) is 12.6. The number of amides is 1. The van der Waals surface area contributed by atoms with Gasteiger partial charge in [-0.15, -0.1) is 0 Å². The average molecular weight is 230 g/mol. The Bertz CT molecular complexity index is 373. The van der Waals surface area contributed by atoms with Crippen molar-refractivity contribution >= 4 is 17.5 Å². The Hall–Kier alpha value is -1.03. The van der Waals surface area contributed by atoms with Crippen LogP contribution in [0, 0.1) is 6.92 Å². The third-order valence-electron chi connectivity index (χ3n) is 2.47. The number of hydrogen-bond acceptors (Lipinski definition) is 2. The SMILES string of the molecule is CCC(C)NC(=O)c1nn(C)c(C)c1Cl. The summed E-state index contributed by atoms with van der Waals surface area (Å²) in [6, 6.07) is 0.135. The van der Waals surface area contributed by atoms with Gasteiger partial charge in [0.2, 0.25) is 0 Å². The van der Waals surface area contributed by atoms with E-state index in [2.05, 4.69) is 10.4 Å². The smallest absolute Gasteiger partial charge is 0.273 e. The molecule has 1 atom stereocenters. The Morgan fingerprint density at radius 2 is 2.27 bits per heavy atom. The molecule has 0 aliphatic heterocycles. The maximum absolute atomic E-state index is 11.7. The van der Waals surface area contributed by atoms with Crippen molar-refractivity contribution in [3.05, 3.63) is 16.4 Å². The monoisotopic (exact) mass is 229 g/mol. The number of nitrogens with zero attached hydrogens (tertiary/aromatic N) is 2. The highest BCUT2D eigenvalue weighted by atomic mass is 35.5. The predicted molar refractivity (Wildman–Crippen MR) is 60.2 cm³/mol. The predicted octanol–water partition coefficient (Wildman–Crippen LogP) is 1.91. The van der Waals surface area contributed by atoms with Gasteiger partial charge in [-0.25, -0.2) is 0 Å². The first-order valence-electron chi connectivity index (χ1n) is 4.97. The first-order chi connectivity index (χ1) is 6.97. The fourth-order valence-corrected chi connectivity index (χ4v) is 1.37. The van der Waals surface area contributed by atoms with E-state index in [9.17, 15) is 4.79 Å². The molecule has 1 amide bonds. The summed E-state index contributed by atoms with van der Waals surface area (Å²) in [5, 5.41) is 7.33. The van der Waals surface area contributed by atoms with Crippen LogP contribution in [-0.2, 0) is 7.05 Å². The Labute approximate surface area is 94.6 Å². The van der Waals surface area contributed by atoms with E-state index in [1.54, 1.807) is 11.7 Å². The minimum Gasteiger partial charge on any atom is -0.348 e. The van der Waals surface area contributed by atoms with Crippen molar-refractivity contribution in [1.29, 1.82) is 0 Å². The molecule has 0 saturated carbocycles. The van der Waals surface area contributed by atoms with E-state index >= 15 is 0 Å². The molecule has 1 rings (SSSR count). The lowest BCUT2D eigenvalue weighted by Gasteiger charge is -2.09. The lowest BCUT2D eigenvalue weighted by atomic mass is 10.2. The van der Waals surface area contributed by atoms with Crippen LogP contribution in [0.25, 0.3) is 0 Å². The summed E-state index contributed by atoms with van der Waals surface area (Å²) >= 11 is 5.99. The molecule has 0 spiro atoms. The van der Waals surface area contributed by atoms with Gasteiger partial charge in [-0.1, -0.05) is 18.5 Å². The van der Waals surface area contributed by atoms with Crippen molar-refractivity contribution in [2.45, 2.75) is 33.2 Å². The van der Waals surface area contributed by atoms with Gasteiger partial charge < -0.3 is 5.32 Å². The maximum atomic E-state index is 11.7. The van der Waals surface area contributed by atoms with Gasteiger partial charge >= 0.3 is 0 Å². The first kappa shape index (κ1) is 12.0. The van der Waals surface area contributed by atoms with Gasteiger partial charge in [0.15, 0.2) is 5.69 Å². The lowest BCUT2D eigenvalue weighted by molar-refractivity contribution is 0.0933. The molecule has 4 nitrogen and oxygen atoms in total. The van der Waals surface area contributed by atoms with E-state index in [1.165, 1.54) is 0 Å². The van der Waals surface area contributed by atoms with Gasteiger partial charge in [-0.2, -0.15) is 5.10 Å². The molecule has 0 aliphatic carbocycles. The molecular formula is C10H16ClN3O. The Morgan fingerprint density at radius 1 is 1.67 bits per heavy atom. The van der Waals surface area contributed by atoms with E-state index < -0.39 is 0 Å². The molecule has 0 aliphatic rings. The molecule has 1 heterocycles. The van der Waals surface area contributed by atoms with Crippen molar-refractivity contribution in [2.24, 2.45) is 7.05 Å². The van der Waals surface area contributed by atoms with Gasteiger partial charge in [0.05, 0.1) is 10.7 Å². The largest absolute Gasteiger partial charge is 0.348 e. The number of halogens is 1. The van der Waals surface area contributed by atoms with E-state index in [1.807, 2.05) is 20.8 Å². The topological polar surface area (TPSA) is 46.9 Å². The minimum absolute atomic E-state index is 0.135. The van der Waals surface area contributed by atoms with Gasteiger partial charge in [0.1, 0.15) is 0 Å². The van der Waals surface area contributed by atoms with Crippen LogP contribution in [-0.4, -0.2) is 21.7 Å². The third-order valence-corrected chi connectivity index (χ3v) is 2.92. The number of nitrogens with one attached hydrogen (secondary N) is 1. The molecule has 1 N–H and O–H groups in total. The van der Waals surface area contributed by atoms with Crippen LogP contribution in [0.5, 0.6) is 0 Å². The third kappa shape index (κ3) is 2.50. The van der Waals surface area contributed by atoms with Gasteiger partial charge in [-0.05, 0) is 20.3 Å². The molecule has 0 aromatic carbocycles. The summed E-state index contributed by atoms with van der Waals surface area (Å²) < 4.78 is 1.61. The standard InChI is InChI=1S/C10H16ClN3O/c1-5-6(2)12-10(15)9-8(11)7(3)14(4)13-9/h6H,5H2,1-4H3,(H,12,15). The van der Waals surface area contributed by atoms with Crippen LogP contribution in [0.15, 0.2) is 0 Å². The van der Waals surface area contributed by atoms with Crippen LogP contribution in [0.3, 0.4) is 0 Å². The zero-order chi connectivity index (χ0) is 11.6. The average Bonchev–Trinajstić information content (AvgIpc) is 2.45. The van der Waals surface area contributed by atoms with E-state index in [-0.39, 0.29) is 11.9 Å². The van der Waals surface area contributed by atoms with Crippen molar-refractivity contribution in [1.82, 2.24) is 15.1 Å². The quantitative estimate of drug-likeness (QED) is 0.861. The summed E-state index contributed by atoms with van der Waals surface area (Å²) in [4.78, 5) is 11.7. The second-order valence-corrected chi connectivity index (χ2v) is 4.03. The van der Waals surface area contributed by atoms with Crippen LogP contribution in [0.1, 0.15) is 36.5 Å². The lowest BCUT2D eigenvalue weighted by Crippen LogP contribution is -2.32. The van der Waals surface area contributed by atoms with Crippen molar-refractivity contribution in [2.75, 3.05) is 0 Å². The summed E-state index contributed by atoms with van der Waals surface area (Å²) in [7, 11) is 1.77. The summed E-state index contributed by atoms with van der Waals surface area (Å²) in [6.45, 7) is 5.78. The van der Waals surface area contributed by atoms with E-state index in [4.69, 9.17) is 11.6 Å². The van der Waals surface area contributed by atoms with Crippen LogP contribution in [0.4, 0.5) is 0 Å². The van der Waals surface area contributed by atoms with Gasteiger partial charge in [0.25, 0.3) is 5.91 Å². The first-order valence-corrected chi connectivity index (χ1v) is 5.35. The molecule has 0 radical (unpaired) electrons. The van der Waals surface area contributed by atoms with E-state index in [0.29, 0.717) is 10.7 Å². The zero-order valence-corrected chi connectivity index (χ0v) is 10.2. The van der Waals surface area contributed by atoms with E-state index in [0.717, 1.165) is 12.1 Å². The number of hydrogen-bond donors (Lipinski definition) is 1. The molecular weight excluding hydrogens is 214 g/mol. The number of aromatic nitrogens is 2. The van der Waals surface area contributed by atoms with Gasteiger partial charge in [0, 0.05) is 13.1 Å². The Morgan fingerprint density at radius 3 is 2.67 bits per heavy atom. The molecule has 0 fully saturated rings. The summed E-state index contributed by atoms with van der Waals surface area (Å²) in [5.41, 5.74) is 1.10. The van der Waals surface area contributed by atoms with Gasteiger partial charge in [-0.3, -0.25) is 9.48 Å². The van der Waals surface area contributed by atoms with Crippen molar-refractivity contribution < 1.29 is 4.79 Å². The Balaban J connectivity index is 2.87. The molecule has 0 saturated heterocycles. The summed E-state index contributed by atoms with van der Waals surface area (Å²) in [6.07, 6.45) is 0.884. The zero-order valence-electron chi connectivity index (χ0n) is 9.47. The number of carbonyl (C=O) groups excluding carboxylic acids is 1. The van der Waals surface area contributed by atoms with Crippen LogP contribution < -0.4 is 5.32 Å². The second-order valence-electron chi connectivity index (χ2n) is 3.65. The maximum Gasteiger partial charge on any atom is 0.273 e. The molecule has 5 heteroatoms. The molecule has 15 heavy (non-hydrogen) atoms. The highest BCUT2D eigenvalue weighted by molar-refractivity contribution is 6.34. The highest BCUT2D eigenvalue weighted by Crippen LogP contribution is 2.18. The molecule has 84 valence electrons. The molecule has 1 unspecified atom stereocenters. The van der Waals surface area contributed by atoms with Crippen LogP contribution in [0.2, 0.25) is 5.02 Å². The number of aryl methyl sites for hydroxylation is 1. The van der Waals surface area contributed by atoms with Crippen molar-refractivity contribution in [3.63, 3.8) is 0 Å². The molecule has 1 aromatic rings. The van der Waals surface area contributed by atoms with Crippen LogP contribution >= 0.6 is 11.6 Å². The molecule has 1 aromatic heterocycles. The summed E-state index contributed by atoms with van der Waals surface area (Å²) in [5.74, 6) is -0.210. The number of rotatable bonds is 3. The fraction of sp³-hybridized carbons (Fsp3) is 0.600. The Kier molecular flexibility index (Phi) is 3.74. The van der Waals surface area contributed by atoms with Crippen molar-refractivity contribution in [3.8, 4) is 0 Å². The minimum atomic E-state index is -0.210.